The average molecular weight is 642 g/mol. The highest BCUT2D eigenvalue weighted by Crippen LogP contribution is 2.29. The Bertz CT molecular complexity index is 1860. The van der Waals surface area contributed by atoms with Crippen LogP contribution in [0.4, 0.5) is 17.1 Å². The highest BCUT2D eigenvalue weighted by Gasteiger charge is 2.27. The maximum atomic E-state index is 13.9. The van der Waals surface area contributed by atoms with Crippen LogP contribution in [0.3, 0.4) is 0 Å². The lowest BCUT2D eigenvalue weighted by Gasteiger charge is -2.32. The molecule has 1 saturated heterocycles. The van der Waals surface area contributed by atoms with Crippen molar-refractivity contribution in [1.82, 2.24) is 9.88 Å². The Labute approximate surface area is 283 Å². The SMILES string of the molecule is CN(C)c1ccc(CCC(=O)Nc2cc3ccccc3cc2C(=O)N2CCC(Oc3ccc(-c4ccc(N(C)C)cc4)cn3)CC2)cc1. The van der Waals surface area contributed by atoms with Crippen LogP contribution in [0.5, 0.6) is 5.88 Å². The van der Waals surface area contributed by atoms with Crippen LogP contribution in [0.2, 0.25) is 0 Å². The van der Waals surface area contributed by atoms with Crippen molar-refractivity contribution >= 4 is 39.6 Å². The van der Waals surface area contributed by atoms with Crippen LogP contribution < -0.4 is 19.9 Å². The third-order valence-electron chi connectivity index (χ3n) is 8.95. The number of carbonyl (C=O) groups is 2. The highest BCUT2D eigenvalue weighted by molar-refractivity contribution is 6.07. The predicted octanol–water partition coefficient (Wildman–Crippen LogP) is 7.29. The van der Waals surface area contributed by atoms with Crippen LogP contribution in [-0.2, 0) is 11.2 Å². The number of hydrogen-bond donors (Lipinski definition) is 1. The zero-order valence-electron chi connectivity index (χ0n) is 28.1. The summed E-state index contributed by atoms with van der Waals surface area (Å²) in [6.07, 6.45) is 4.14. The number of nitrogens with one attached hydrogen (secondary N) is 1. The van der Waals surface area contributed by atoms with Gasteiger partial charge in [0.25, 0.3) is 5.91 Å². The molecular formula is C40H43N5O3. The number of hydrogen-bond acceptors (Lipinski definition) is 6. The highest BCUT2D eigenvalue weighted by atomic mass is 16.5. The fourth-order valence-electron chi connectivity index (χ4n) is 6.04. The van der Waals surface area contributed by atoms with Crippen LogP contribution in [0, 0.1) is 0 Å². The first-order chi connectivity index (χ1) is 23.2. The summed E-state index contributed by atoms with van der Waals surface area (Å²) < 4.78 is 6.23. The topological polar surface area (TPSA) is 78.0 Å². The number of aryl methyl sites for hydroxylation is 1. The van der Waals surface area contributed by atoms with Crippen LogP contribution in [0.15, 0.2) is 103 Å². The molecule has 0 spiro atoms. The Morgan fingerprint density at radius 1 is 0.792 bits per heavy atom. The number of amides is 2. The van der Waals surface area contributed by atoms with Gasteiger partial charge in [0.1, 0.15) is 6.10 Å². The lowest BCUT2D eigenvalue weighted by molar-refractivity contribution is -0.116. The molecule has 1 fully saturated rings. The normalized spacial score (nSPS) is 13.3. The van der Waals surface area contributed by atoms with Crippen molar-refractivity contribution < 1.29 is 14.3 Å². The van der Waals surface area contributed by atoms with Gasteiger partial charge in [0.05, 0.1) is 11.3 Å². The lowest BCUT2D eigenvalue weighted by Crippen LogP contribution is -2.42. The lowest BCUT2D eigenvalue weighted by atomic mass is 10.0. The summed E-state index contributed by atoms with van der Waals surface area (Å²) in [6.45, 7) is 1.12. The number of carbonyl (C=O) groups excluding carboxylic acids is 2. The molecule has 0 radical (unpaired) electrons. The number of pyridine rings is 1. The number of likely N-dealkylation sites (tertiary alicyclic amines) is 1. The minimum absolute atomic E-state index is 0.0330. The predicted molar refractivity (Wildman–Crippen MR) is 195 cm³/mol. The first-order valence-corrected chi connectivity index (χ1v) is 16.5. The van der Waals surface area contributed by atoms with Gasteiger partial charge in [-0.1, -0.05) is 48.5 Å². The maximum Gasteiger partial charge on any atom is 0.255 e. The van der Waals surface area contributed by atoms with Gasteiger partial charge in [-0.05, 0) is 70.8 Å². The largest absolute Gasteiger partial charge is 0.474 e. The van der Waals surface area contributed by atoms with E-state index >= 15 is 0 Å². The molecule has 0 atom stereocenters. The molecule has 0 saturated carbocycles. The molecule has 1 N–H and O–H groups in total. The molecule has 2 heterocycles. The van der Waals surface area contributed by atoms with Gasteiger partial charge in [-0.25, -0.2) is 4.98 Å². The van der Waals surface area contributed by atoms with Gasteiger partial charge in [-0.2, -0.15) is 0 Å². The van der Waals surface area contributed by atoms with Gasteiger partial charge >= 0.3 is 0 Å². The van der Waals surface area contributed by atoms with Crippen molar-refractivity contribution in [2.45, 2.75) is 31.8 Å². The first kappa shape index (κ1) is 32.6. The Balaban J connectivity index is 1.07. The zero-order chi connectivity index (χ0) is 33.6. The molecule has 0 aliphatic carbocycles. The number of fused-ring (bicyclic) bond motifs is 1. The Kier molecular flexibility index (Phi) is 9.90. The molecule has 6 rings (SSSR count). The minimum Gasteiger partial charge on any atom is -0.474 e. The summed E-state index contributed by atoms with van der Waals surface area (Å²) in [5.41, 5.74) is 6.55. The third kappa shape index (κ3) is 7.77. The van der Waals surface area contributed by atoms with E-state index in [4.69, 9.17) is 4.74 Å². The van der Waals surface area contributed by atoms with Crippen LogP contribution >= 0.6 is 0 Å². The standard InChI is InChI=1S/C40H43N5O3/c1-43(2)33-15-9-28(10-16-33)11-19-38(46)42-37-26-31-8-6-5-7-30(31)25-36(37)40(47)45-23-21-35(22-24-45)48-39-20-14-32(27-41-39)29-12-17-34(18-13-29)44(3)4/h5-10,12-18,20,25-27,35H,11,19,21-24H2,1-4H3,(H,42,46). The van der Waals surface area contributed by atoms with Gasteiger partial charge < -0.3 is 24.8 Å². The molecule has 8 heteroatoms. The molecule has 4 aromatic carbocycles. The second-order valence-electron chi connectivity index (χ2n) is 12.8. The van der Waals surface area contributed by atoms with Crippen molar-refractivity contribution in [3.05, 3.63) is 114 Å². The summed E-state index contributed by atoms with van der Waals surface area (Å²) in [4.78, 5) is 37.6. The number of nitrogens with zero attached hydrogens (tertiary/aromatic N) is 4. The first-order valence-electron chi connectivity index (χ1n) is 16.5. The van der Waals surface area contributed by atoms with Crippen LogP contribution in [0.1, 0.15) is 35.2 Å². The number of rotatable bonds is 10. The van der Waals surface area contributed by atoms with Gasteiger partial charge in [0, 0.05) is 89.7 Å². The molecule has 2 amide bonds. The van der Waals surface area contributed by atoms with Crippen molar-refractivity contribution in [1.29, 1.82) is 0 Å². The molecule has 246 valence electrons. The van der Waals surface area contributed by atoms with Crippen molar-refractivity contribution in [2.24, 2.45) is 0 Å². The summed E-state index contributed by atoms with van der Waals surface area (Å²) in [5.74, 6) is 0.380. The summed E-state index contributed by atoms with van der Waals surface area (Å²) in [7, 11) is 8.06. The molecular weight excluding hydrogens is 598 g/mol. The van der Waals surface area contributed by atoms with E-state index in [0.29, 0.717) is 55.9 Å². The molecule has 1 aromatic heterocycles. The van der Waals surface area contributed by atoms with E-state index < -0.39 is 0 Å². The number of ether oxygens (including phenoxy) is 1. The molecule has 5 aromatic rings. The average Bonchev–Trinajstić information content (AvgIpc) is 3.11. The van der Waals surface area contributed by atoms with E-state index in [1.807, 2.05) is 92.7 Å². The molecule has 1 aliphatic heterocycles. The monoisotopic (exact) mass is 641 g/mol. The quantitative estimate of drug-likeness (QED) is 0.173. The smallest absolute Gasteiger partial charge is 0.255 e. The van der Waals surface area contributed by atoms with E-state index in [0.717, 1.165) is 38.8 Å². The number of piperidine rings is 1. The van der Waals surface area contributed by atoms with Gasteiger partial charge in [-0.3, -0.25) is 9.59 Å². The van der Waals surface area contributed by atoms with Crippen molar-refractivity contribution in [3.63, 3.8) is 0 Å². The van der Waals surface area contributed by atoms with Gasteiger partial charge in [0.2, 0.25) is 11.8 Å². The Morgan fingerprint density at radius 3 is 2.00 bits per heavy atom. The summed E-state index contributed by atoms with van der Waals surface area (Å²) >= 11 is 0. The van der Waals surface area contributed by atoms with Crippen LogP contribution in [0.25, 0.3) is 21.9 Å². The molecule has 1 aliphatic rings. The van der Waals surface area contributed by atoms with Crippen molar-refractivity contribution in [2.75, 3.05) is 56.4 Å². The Hall–Kier alpha value is -5.37. The molecule has 48 heavy (non-hydrogen) atoms. The second kappa shape index (κ2) is 14.6. The zero-order valence-corrected chi connectivity index (χ0v) is 28.1. The van der Waals surface area contributed by atoms with Crippen LogP contribution in [-0.4, -0.2) is 69.1 Å². The fraction of sp³-hybridized carbons (Fsp3) is 0.275. The maximum absolute atomic E-state index is 13.9. The second-order valence-corrected chi connectivity index (χ2v) is 12.8. The Morgan fingerprint density at radius 2 is 1.40 bits per heavy atom. The van der Waals surface area contributed by atoms with E-state index in [-0.39, 0.29) is 17.9 Å². The van der Waals surface area contributed by atoms with E-state index in [1.165, 1.54) is 0 Å². The van der Waals surface area contributed by atoms with Crippen molar-refractivity contribution in [3.8, 4) is 17.0 Å². The molecule has 8 nitrogen and oxygen atoms in total. The van der Waals surface area contributed by atoms with E-state index in [2.05, 4.69) is 63.7 Å². The number of anilines is 3. The summed E-state index contributed by atoms with van der Waals surface area (Å²) in [6, 6.07) is 32.3. The fourth-order valence-corrected chi connectivity index (χ4v) is 6.04. The van der Waals surface area contributed by atoms with E-state index in [9.17, 15) is 9.59 Å². The molecule has 0 unspecified atom stereocenters. The number of benzene rings is 4. The number of aromatic nitrogens is 1. The minimum atomic E-state index is -0.118. The van der Waals surface area contributed by atoms with E-state index in [1.54, 1.807) is 0 Å². The van der Waals surface area contributed by atoms with Gasteiger partial charge in [-0.15, -0.1) is 0 Å². The molecule has 0 bridgehead atoms. The summed E-state index contributed by atoms with van der Waals surface area (Å²) in [5, 5.41) is 4.99. The van der Waals surface area contributed by atoms with Gasteiger partial charge in [0.15, 0.2) is 0 Å². The third-order valence-corrected chi connectivity index (χ3v) is 8.95.